The molecular weight excluding hydrogens is 286 g/mol. The summed E-state index contributed by atoms with van der Waals surface area (Å²) in [4.78, 5) is 12.9. The molecule has 1 aliphatic carbocycles. The van der Waals surface area contributed by atoms with Crippen molar-refractivity contribution >= 4 is 27.3 Å². The first-order valence-electron chi connectivity index (χ1n) is 6.12. The fraction of sp³-hybridized carbons (Fsp3) is 0.583. The van der Waals surface area contributed by atoms with Crippen LogP contribution < -0.4 is 4.72 Å². The second-order valence-electron chi connectivity index (χ2n) is 4.94. The van der Waals surface area contributed by atoms with Crippen LogP contribution in [0.2, 0.25) is 0 Å². The van der Waals surface area contributed by atoms with Crippen molar-refractivity contribution in [1.29, 1.82) is 0 Å². The highest BCUT2D eigenvalue weighted by Crippen LogP contribution is 2.29. The SMILES string of the molecule is Cc1cc(S(=O)(=O)N[C@H]2CC[C@@H](C(=O)O)C2)c(C)s1. The highest BCUT2D eigenvalue weighted by Gasteiger charge is 2.33. The van der Waals surface area contributed by atoms with Crippen LogP contribution in [-0.2, 0) is 14.8 Å². The summed E-state index contributed by atoms with van der Waals surface area (Å²) in [5, 5.41) is 8.92. The third-order valence-electron chi connectivity index (χ3n) is 3.39. The first kappa shape index (κ1) is 14.5. The minimum absolute atomic E-state index is 0.272. The smallest absolute Gasteiger partial charge is 0.306 e. The number of carbonyl (C=O) groups is 1. The molecule has 0 saturated heterocycles. The molecule has 1 aliphatic rings. The molecule has 0 radical (unpaired) electrons. The van der Waals surface area contributed by atoms with Gasteiger partial charge in [-0.25, -0.2) is 13.1 Å². The third kappa shape index (κ3) is 3.16. The topological polar surface area (TPSA) is 83.5 Å². The highest BCUT2D eigenvalue weighted by molar-refractivity contribution is 7.89. The van der Waals surface area contributed by atoms with Crippen LogP contribution in [-0.4, -0.2) is 25.5 Å². The molecule has 0 spiro atoms. The van der Waals surface area contributed by atoms with E-state index in [0.717, 1.165) is 9.75 Å². The molecule has 1 aromatic rings. The predicted molar refractivity (Wildman–Crippen MR) is 72.9 cm³/mol. The van der Waals surface area contributed by atoms with E-state index in [9.17, 15) is 13.2 Å². The number of hydrogen-bond donors (Lipinski definition) is 2. The summed E-state index contributed by atoms with van der Waals surface area (Å²) in [7, 11) is -3.54. The van der Waals surface area contributed by atoms with E-state index in [1.807, 2.05) is 6.92 Å². The molecule has 19 heavy (non-hydrogen) atoms. The first-order chi connectivity index (χ1) is 8.79. The Kier molecular flexibility index (Phi) is 3.98. The van der Waals surface area contributed by atoms with Crippen molar-refractivity contribution in [2.75, 3.05) is 0 Å². The van der Waals surface area contributed by atoms with Gasteiger partial charge in [-0.1, -0.05) is 0 Å². The van der Waals surface area contributed by atoms with E-state index in [-0.39, 0.29) is 6.04 Å². The van der Waals surface area contributed by atoms with E-state index in [0.29, 0.717) is 24.2 Å². The van der Waals surface area contributed by atoms with E-state index in [4.69, 9.17) is 5.11 Å². The minimum atomic E-state index is -3.54. The van der Waals surface area contributed by atoms with Crippen LogP contribution in [0.15, 0.2) is 11.0 Å². The molecule has 2 rings (SSSR count). The second-order valence-corrected chi connectivity index (χ2v) is 8.09. The predicted octanol–water partition coefficient (Wildman–Crippen LogP) is 1.90. The summed E-state index contributed by atoms with van der Waals surface area (Å²) >= 11 is 1.45. The first-order valence-corrected chi connectivity index (χ1v) is 8.41. The standard InChI is InChI=1S/C12H17NO4S2/c1-7-5-11(8(2)18-7)19(16,17)13-10-4-3-9(6-10)12(14)15/h5,9-10,13H,3-4,6H2,1-2H3,(H,14,15)/t9-,10+/m1/s1. The molecule has 1 fully saturated rings. The fourth-order valence-electron chi connectivity index (χ4n) is 2.47. The fourth-order valence-corrected chi connectivity index (χ4v) is 5.31. The van der Waals surface area contributed by atoms with Crippen molar-refractivity contribution in [3.63, 3.8) is 0 Å². The van der Waals surface area contributed by atoms with Gasteiger partial charge in [0.25, 0.3) is 0 Å². The summed E-state index contributed by atoms with van der Waals surface area (Å²) in [6.07, 6.45) is 1.49. The Balaban J connectivity index is 2.11. The molecule has 0 bridgehead atoms. The number of aryl methyl sites for hydroxylation is 2. The average molecular weight is 303 g/mol. The number of hydrogen-bond acceptors (Lipinski definition) is 4. The Hall–Kier alpha value is -0.920. The minimum Gasteiger partial charge on any atom is -0.481 e. The lowest BCUT2D eigenvalue weighted by atomic mass is 10.1. The number of carboxylic acids is 1. The summed E-state index contributed by atoms with van der Waals surface area (Å²) in [5.74, 6) is -1.28. The largest absolute Gasteiger partial charge is 0.481 e. The molecule has 7 heteroatoms. The lowest BCUT2D eigenvalue weighted by molar-refractivity contribution is -0.141. The number of thiophene rings is 1. The summed E-state index contributed by atoms with van der Waals surface area (Å²) < 4.78 is 27.1. The van der Waals surface area contributed by atoms with Crippen LogP contribution >= 0.6 is 11.3 Å². The number of sulfonamides is 1. The van der Waals surface area contributed by atoms with Crippen LogP contribution in [0, 0.1) is 19.8 Å². The van der Waals surface area contributed by atoms with E-state index >= 15 is 0 Å². The van der Waals surface area contributed by atoms with E-state index in [2.05, 4.69) is 4.72 Å². The molecule has 0 aromatic carbocycles. The van der Waals surface area contributed by atoms with Gasteiger partial charge in [0, 0.05) is 15.8 Å². The monoisotopic (exact) mass is 303 g/mol. The van der Waals surface area contributed by atoms with Crippen molar-refractivity contribution in [3.05, 3.63) is 15.8 Å². The van der Waals surface area contributed by atoms with Crippen LogP contribution in [0.4, 0.5) is 0 Å². The Morgan fingerprint density at radius 1 is 1.42 bits per heavy atom. The molecule has 2 atom stereocenters. The molecule has 1 heterocycles. The van der Waals surface area contributed by atoms with Crippen LogP contribution in [0.25, 0.3) is 0 Å². The van der Waals surface area contributed by atoms with Crippen LogP contribution in [0.1, 0.15) is 29.0 Å². The van der Waals surface area contributed by atoms with Gasteiger partial charge in [0.05, 0.1) is 10.8 Å². The molecule has 1 aromatic heterocycles. The summed E-state index contributed by atoms with van der Waals surface area (Å²) in [6.45, 7) is 3.65. The normalized spacial score (nSPS) is 23.7. The van der Waals surface area contributed by atoms with Gasteiger partial charge in [-0.15, -0.1) is 11.3 Å². The Bertz CT molecular complexity index is 591. The van der Waals surface area contributed by atoms with Crippen molar-refractivity contribution < 1.29 is 18.3 Å². The Labute approximate surface area is 116 Å². The molecule has 0 aliphatic heterocycles. The second kappa shape index (κ2) is 5.22. The van der Waals surface area contributed by atoms with Gasteiger partial charge in [0.2, 0.25) is 10.0 Å². The zero-order chi connectivity index (χ0) is 14.2. The van der Waals surface area contributed by atoms with E-state index in [1.54, 1.807) is 13.0 Å². The van der Waals surface area contributed by atoms with Crippen LogP contribution in [0.3, 0.4) is 0 Å². The van der Waals surface area contributed by atoms with E-state index in [1.165, 1.54) is 11.3 Å². The lowest BCUT2D eigenvalue weighted by Crippen LogP contribution is -2.33. The number of aliphatic carboxylic acids is 1. The number of rotatable bonds is 4. The van der Waals surface area contributed by atoms with Gasteiger partial charge in [-0.05, 0) is 39.2 Å². The van der Waals surface area contributed by atoms with Gasteiger partial charge in [0.15, 0.2) is 0 Å². The molecule has 2 N–H and O–H groups in total. The number of nitrogens with one attached hydrogen (secondary N) is 1. The van der Waals surface area contributed by atoms with Gasteiger partial charge in [-0.2, -0.15) is 0 Å². The quantitative estimate of drug-likeness (QED) is 0.890. The third-order valence-corrected chi connectivity index (χ3v) is 6.13. The van der Waals surface area contributed by atoms with Crippen molar-refractivity contribution in [1.82, 2.24) is 4.72 Å². The molecule has 1 saturated carbocycles. The molecule has 5 nitrogen and oxygen atoms in total. The van der Waals surface area contributed by atoms with Crippen LogP contribution in [0.5, 0.6) is 0 Å². The molecule has 0 unspecified atom stereocenters. The van der Waals surface area contributed by atoms with Gasteiger partial charge >= 0.3 is 5.97 Å². The number of carboxylic acid groups (broad SMARTS) is 1. The zero-order valence-electron chi connectivity index (χ0n) is 10.8. The highest BCUT2D eigenvalue weighted by atomic mass is 32.2. The molecule has 106 valence electrons. The average Bonchev–Trinajstić information content (AvgIpc) is 2.85. The summed E-state index contributed by atoms with van der Waals surface area (Å²) in [5.41, 5.74) is 0. The van der Waals surface area contributed by atoms with Gasteiger partial charge < -0.3 is 5.11 Å². The van der Waals surface area contributed by atoms with Gasteiger partial charge in [0.1, 0.15) is 0 Å². The maximum atomic E-state index is 12.2. The summed E-state index contributed by atoms with van der Waals surface area (Å²) in [6, 6.07) is 1.39. The van der Waals surface area contributed by atoms with Crippen molar-refractivity contribution in [2.45, 2.75) is 44.0 Å². The Morgan fingerprint density at radius 3 is 2.58 bits per heavy atom. The zero-order valence-corrected chi connectivity index (χ0v) is 12.5. The molecule has 0 amide bonds. The maximum absolute atomic E-state index is 12.2. The van der Waals surface area contributed by atoms with E-state index < -0.39 is 21.9 Å². The van der Waals surface area contributed by atoms with Crippen molar-refractivity contribution in [3.8, 4) is 0 Å². The maximum Gasteiger partial charge on any atom is 0.306 e. The van der Waals surface area contributed by atoms with Gasteiger partial charge in [-0.3, -0.25) is 4.79 Å². The lowest BCUT2D eigenvalue weighted by Gasteiger charge is -2.12. The Morgan fingerprint density at radius 2 is 2.11 bits per heavy atom. The van der Waals surface area contributed by atoms with Crippen molar-refractivity contribution in [2.24, 2.45) is 5.92 Å². The molecular formula is C12H17NO4S2.